The fraction of sp³-hybridized carbons (Fsp3) is 0.357. The monoisotopic (exact) mass is 244 g/mol. The van der Waals surface area contributed by atoms with Crippen LogP contribution >= 0.6 is 0 Å². The Hall–Kier alpha value is -2.02. The van der Waals surface area contributed by atoms with Gasteiger partial charge in [-0.3, -0.25) is 4.79 Å². The zero-order valence-electron chi connectivity index (χ0n) is 10.0. The summed E-state index contributed by atoms with van der Waals surface area (Å²) in [6, 6.07) is 2.72. The topological polar surface area (TPSA) is 41.1 Å². The summed E-state index contributed by atoms with van der Waals surface area (Å²) in [5, 5.41) is 5.80. The molecule has 1 heterocycles. The first kappa shape index (κ1) is 11.1. The van der Waals surface area contributed by atoms with Crippen LogP contribution in [-0.4, -0.2) is 11.9 Å². The lowest BCUT2D eigenvalue weighted by atomic mass is 10.0. The standard InChI is InChI=1S/C14H13FN2O/c1-2-3-8-6-7-10(15)13-11(8)16-12(9-4-5-9)14(18)17-13/h6-7,9,12,16H,4-5H2,1H3,(H,17,18). The van der Waals surface area contributed by atoms with Crippen molar-refractivity contribution in [3.8, 4) is 11.8 Å². The van der Waals surface area contributed by atoms with E-state index < -0.39 is 5.82 Å². The quantitative estimate of drug-likeness (QED) is 0.744. The van der Waals surface area contributed by atoms with Gasteiger partial charge in [0.25, 0.3) is 0 Å². The highest BCUT2D eigenvalue weighted by atomic mass is 19.1. The molecule has 0 bridgehead atoms. The molecule has 92 valence electrons. The van der Waals surface area contributed by atoms with Gasteiger partial charge in [0.05, 0.1) is 11.3 Å². The van der Waals surface area contributed by atoms with Crippen molar-refractivity contribution in [1.82, 2.24) is 0 Å². The molecule has 1 aliphatic carbocycles. The highest BCUT2D eigenvalue weighted by Crippen LogP contribution is 2.40. The Kier molecular flexibility index (Phi) is 2.48. The Morgan fingerprint density at radius 3 is 2.78 bits per heavy atom. The largest absolute Gasteiger partial charge is 0.371 e. The van der Waals surface area contributed by atoms with Gasteiger partial charge in [-0.25, -0.2) is 4.39 Å². The van der Waals surface area contributed by atoms with E-state index in [1.165, 1.54) is 6.07 Å². The summed E-state index contributed by atoms with van der Waals surface area (Å²) < 4.78 is 13.7. The van der Waals surface area contributed by atoms with Gasteiger partial charge in [0.1, 0.15) is 17.5 Å². The van der Waals surface area contributed by atoms with Gasteiger partial charge in [-0.1, -0.05) is 5.92 Å². The Labute approximate surface area is 105 Å². The molecule has 0 radical (unpaired) electrons. The highest BCUT2D eigenvalue weighted by molar-refractivity contribution is 6.04. The van der Waals surface area contributed by atoms with Gasteiger partial charge in [0.2, 0.25) is 5.91 Å². The molecule has 1 unspecified atom stereocenters. The zero-order valence-corrected chi connectivity index (χ0v) is 10.0. The lowest BCUT2D eigenvalue weighted by Gasteiger charge is -2.28. The predicted octanol–water partition coefficient (Wildman–Crippen LogP) is 2.34. The number of amides is 1. The van der Waals surface area contributed by atoms with Crippen LogP contribution in [-0.2, 0) is 4.79 Å². The van der Waals surface area contributed by atoms with Crippen LogP contribution in [0.15, 0.2) is 12.1 Å². The van der Waals surface area contributed by atoms with Crippen LogP contribution in [0.5, 0.6) is 0 Å². The summed E-state index contributed by atoms with van der Waals surface area (Å²) in [6.07, 6.45) is 2.09. The molecule has 2 N–H and O–H groups in total. The second kappa shape index (κ2) is 4.02. The van der Waals surface area contributed by atoms with Crippen molar-refractivity contribution in [2.24, 2.45) is 5.92 Å². The van der Waals surface area contributed by atoms with E-state index in [9.17, 15) is 9.18 Å². The first-order valence-corrected chi connectivity index (χ1v) is 6.03. The summed E-state index contributed by atoms with van der Waals surface area (Å²) in [7, 11) is 0. The van der Waals surface area contributed by atoms with Gasteiger partial charge in [-0.15, -0.1) is 5.92 Å². The second-order valence-electron chi connectivity index (χ2n) is 4.67. The number of hydrogen-bond acceptors (Lipinski definition) is 2. The van der Waals surface area contributed by atoms with E-state index in [0.29, 0.717) is 11.6 Å². The predicted molar refractivity (Wildman–Crippen MR) is 67.7 cm³/mol. The van der Waals surface area contributed by atoms with E-state index in [2.05, 4.69) is 22.5 Å². The van der Waals surface area contributed by atoms with Crippen LogP contribution in [0.1, 0.15) is 25.3 Å². The summed E-state index contributed by atoms with van der Waals surface area (Å²) in [6.45, 7) is 1.73. The van der Waals surface area contributed by atoms with Crippen molar-refractivity contribution in [3.05, 3.63) is 23.5 Å². The van der Waals surface area contributed by atoms with E-state index in [4.69, 9.17) is 0 Å². The van der Waals surface area contributed by atoms with E-state index in [1.807, 2.05) is 0 Å². The maximum atomic E-state index is 13.7. The van der Waals surface area contributed by atoms with Crippen molar-refractivity contribution in [1.29, 1.82) is 0 Å². The molecule has 0 saturated heterocycles. The summed E-state index contributed by atoms with van der Waals surface area (Å²) in [4.78, 5) is 11.9. The number of hydrogen-bond donors (Lipinski definition) is 2. The number of nitrogens with one attached hydrogen (secondary N) is 2. The molecule has 1 atom stereocenters. The Balaban J connectivity index is 2.07. The number of fused-ring (bicyclic) bond motifs is 1. The van der Waals surface area contributed by atoms with Crippen LogP contribution in [0, 0.1) is 23.6 Å². The van der Waals surface area contributed by atoms with E-state index >= 15 is 0 Å². The molecule has 18 heavy (non-hydrogen) atoms. The van der Waals surface area contributed by atoms with Gasteiger partial charge < -0.3 is 10.6 Å². The van der Waals surface area contributed by atoms with Crippen LogP contribution in [0.4, 0.5) is 15.8 Å². The molecule has 2 aliphatic rings. The average Bonchev–Trinajstić information content (AvgIpc) is 3.17. The zero-order chi connectivity index (χ0) is 12.7. The van der Waals surface area contributed by atoms with Crippen molar-refractivity contribution >= 4 is 17.3 Å². The first-order valence-electron chi connectivity index (χ1n) is 6.03. The second-order valence-corrected chi connectivity index (χ2v) is 4.67. The molecule has 0 aromatic heterocycles. The fourth-order valence-corrected chi connectivity index (χ4v) is 2.27. The minimum Gasteiger partial charge on any atom is -0.371 e. The molecule has 1 aromatic carbocycles. The number of carbonyl (C=O) groups excluding carboxylic acids is 1. The number of halogens is 1. The lowest BCUT2D eigenvalue weighted by Crippen LogP contribution is -2.41. The van der Waals surface area contributed by atoms with Crippen molar-refractivity contribution < 1.29 is 9.18 Å². The maximum Gasteiger partial charge on any atom is 0.247 e. The number of benzene rings is 1. The Morgan fingerprint density at radius 2 is 2.11 bits per heavy atom. The van der Waals surface area contributed by atoms with E-state index in [0.717, 1.165) is 18.4 Å². The van der Waals surface area contributed by atoms with Gasteiger partial charge >= 0.3 is 0 Å². The summed E-state index contributed by atoms with van der Waals surface area (Å²) >= 11 is 0. The number of carbonyl (C=O) groups is 1. The van der Waals surface area contributed by atoms with Gasteiger partial charge in [-0.2, -0.15) is 0 Å². The molecule has 1 fully saturated rings. The van der Waals surface area contributed by atoms with Crippen molar-refractivity contribution in [2.45, 2.75) is 25.8 Å². The van der Waals surface area contributed by atoms with E-state index in [-0.39, 0.29) is 17.6 Å². The van der Waals surface area contributed by atoms with Gasteiger partial charge in [0, 0.05) is 0 Å². The molecule has 1 aromatic rings. The molecule has 3 rings (SSSR count). The number of rotatable bonds is 1. The van der Waals surface area contributed by atoms with Crippen LogP contribution in [0.2, 0.25) is 0 Å². The summed E-state index contributed by atoms with van der Waals surface area (Å²) in [5.41, 5.74) is 1.55. The third kappa shape index (κ3) is 1.72. The first-order chi connectivity index (χ1) is 8.70. The molecule has 0 spiro atoms. The molecule has 4 heteroatoms. The minimum atomic E-state index is -0.429. The highest BCUT2D eigenvalue weighted by Gasteiger charge is 2.40. The number of anilines is 2. The van der Waals surface area contributed by atoms with E-state index in [1.54, 1.807) is 13.0 Å². The third-order valence-corrected chi connectivity index (χ3v) is 3.34. The van der Waals surface area contributed by atoms with Crippen molar-refractivity contribution in [3.63, 3.8) is 0 Å². The van der Waals surface area contributed by atoms with Crippen LogP contribution in [0.25, 0.3) is 0 Å². The van der Waals surface area contributed by atoms with Crippen LogP contribution in [0.3, 0.4) is 0 Å². The average molecular weight is 244 g/mol. The molecule has 1 amide bonds. The van der Waals surface area contributed by atoms with Gasteiger partial charge in [-0.05, 0) is 37.8 Å². The lowest BCUT2D eigenvalue weighted by molar-refractivity contribution is -0.117. The fourth-order valence-electron chi connectivity index (χ4n) is 2.27. The normalized spacial score (nSPS) is 21.2. The molecule has 1 aliphatic heterocycles. The minimum absolute atomic E-state index is 0.148. The summed E-state index contributed by atoms with van der Waals surface area (Å²) in [5.74, 6) is 5.51. The van der Waals surface area contributed by atoms with Gasteiger partial charge in [0.15, 0.2) is 0 Å². The molecular formula is C14H13FN2O. The molecule has 1 saturated carbocycles. The maximum absolute atomic E-state index is 13.7. The Morgan fingerprint density at radius 1 is 1.33 bits per heavy atom. The SMILES string of the molecule is CC#Cc1ccc(F)c2c1NC(C1CC1)C(=O)N2. The third-order valence-electron chi connectivity index (χ3n) is 3.34. The smallest absolute Gasteiger partial charge is 0.247 e. The molecular weight excluding hydrogens is 231 g/mol. The van der Waals surface area contributed by atoms with Crippen LogP contribution < -0.4 is 10.6 Å². The van der Waals surface area contributed by atoms with Crippen molar-refractivity contribution in [2.75, 3.05) is 10.6 Å². The Bertz CT molecular complexity index is 581. The molecule has 3 nitrogen and oxygen atoms in total.